The van der Waals surface area contributed by atoms with Gasteiger partial charge in [-0.25, -0.2) is 9.97 Å². The van der Waals surface area contributed by atoms with Crippen molar-refractivity contribution in [3.8, 4) is 11.3 Å². The van der Waals surface area contributed by atoms with Crippen LogP contribution in [0.2, 0.25) is 0 Å². The van der Waals surface area contributed by atoms with Gasteiger partial charge in [-0.2, -0.15) is 0 Å². The molecule has 0 atom stereocenters. The van der Waals surface area contributed by atoms with E-state index >= 15 is 0 Å². The van der Waals surface area contributed by atoms with Crippen LogP contribution in [0.1, 0.15) is 18.4 Å². The van der Waals surface area contributed by atoms with E-state index in [1.165, 1.54) is 0 Å². The Kier molecular flexibility index (Phi) is 2.77. The maximum absolute atomic E-state index is 4.44. The molecule has 15 heavy (non-hydrogen) atoms. The summed E-state index contributed by atoms with van der Waals surface area (Å²) in [5.41, 5.74) is 3.26. The Morgan fingerprint density at radius 3 is 2.47 bits per heavy atom. The van der Waals surface area contributed by atoms with E-state index in [1.807, 2.05) is 25.1 Å². The minimum atomic E-state index is 0.841. The lowest BCUT2D eigenvalue weighted by atomic mass is 10.1. The van der Waals surface area contributed by atoms with Crippen LogP contribution in [0.25, 0.3) is 11.3 Å². The minimum absolute atomic E-state index is 0.841. The standard InChI is InChI=1S/C13H14N2/c1-3-12-9-13(15-10(2)14-12)11-7-5-4-6-8-11/h4-9H,3H2,1-2H3. The number of hydrogen-bond donors (Lipinski definition) is 0. The van der Waals surface area contributed by atoms with Crippen LogP contribution in [-0.2, 0) is 6.42 Å². The molecule has 1 aromatic heterocycles. The summed E-state index contributed by atoms with van der Waals surface area (Å²) in [5, 5.41) is 0. The first-order chi connectivity index (χ1) is 7.29. The molecule has 2 rings (SSSR count). The summed E-state index contributed by atoms with van der Waals surface area (Å²) < 4.78 is 0. The second-order valence-corrected chi connectivity index (χ2v) is 3.51. The summed E-state index contributed by atoms with van der Waals surface area (Å²) in [6.07, 6.45) is 0.948. The molecule has 0 bridgehead atoms. The van der Waals surface area contributed by atoms with Crippen molar-refractivity contribution < 1.29 is 0 Å². The summed E-state index contributed by atoms with van der Waals surface area (Å²) in [7, 11) is 0. The van der Waals surface area contributed by atoms with Gasteiger partial charge in [0.15, 0.2) is 0 Å². The highest BCUT2D eigenvalue weighted by Gasteiger charge is 2.02. The lowest BCUT2D eigenvalue weighted by Gasteiger charge is -2.04. The second-order valence-electron chi connectivity index (χ2n) is 3.51. The molecule has 0 unspecified atom stereocenters. The van der Waals surface area contributed by atoms with Gasteiger partial charge in [0.25, 0.3) is 0 Å². The molecule has 0 saturated heterocycles. The molecule has 0 radical (unpaired) electrons. The zero-order chi connectivity index (χ0) is 10.7. The average molecular weight is 198 g/mol. The molecule has 0 aliphatic carbocycles. The van der Waals surface area contributed by atoms with E-state index in [4.69, 9.17) is 0 Å². The van der Waals surface area contributed by atoms with Gasteiger partial charge in [-0.05, 0) is 19.4 Å². The number of benzene rings is 1. The monoisotopic (exact) mass is 198 g/mol. The van der Waals surface area contributed by atoms with Gasteiger partial charge in [0.05, 0.1) is 5.69 Å². The van der Waals surface area contributed by atoms with Crippen molar-refractivity contribution in [2.24, 2.45) is 0 Å². The predicted molar refractivity (Wildman–Crippen MR) is 61.6 cm³/mol. The van der Waals surface area contributed by atoms with E-state index in [1.54, 1.807) is 0 Å². The minimum Gasteiger partial charge on any atom is -0.238 e. The highest BCUT2D eigenvalue weighted by Crippen LogP contribution is 2.17. The van der Waals surface area contributed by atoms with Crippen molar-refractivity contribution in [3.63, 3.8) is 0 Å². The van der Waals surface area contributed by atoms with Gasteiger partial charge < -0.3 is 0 Å². The molecule has 2 heteroatoms. The fraction of sp³-hybridized carbons (Fsp3) is 0.231. The van der Waals surface area contributed by atoms with Crippen molar-refractivity contribution in [2.45, 2.75) is 20.3 Å². The van der Waals surface area contributed by atoms with Crippen LogP contribution >= 0.6 is 0 Å². The normalized spacial score (nSPS) is 10.3. The number of hydrogen-bond acceptors (Lipinski definition) is 2. The van der Waals surface area contributed by atoms with Crippen LogP contribution in [0.3, 0.4) is 0 Å². The molecule has 0 N–H and O–H groups in total. The Labute approximate surface area is 90.0 Å². The number of rotatable bonds is 2. The zero-order valence-electron chi connectivity index (χ0n) is 9.07. The molecule has 2 aromatic rings. The van der Waals surface area contributed by atoms with Crippen LogP contribution in [-0.4, -0.2) is 9.97 Å². The van der Waals surface area contributed by atoms with Crippen molar-refractivity contribution in [2.75, 3.05) is 0 Å². The highest BCUT2D eigenvalue weighted by molar-refractivity contribution is 5.59. The third kappa shape index (κ3) is 2.21. The molecule has 0 spiro atoms. The zero-order valence-corrected chi connectivity index (χ0v) is 9.07. The van der Waals surface area contributed by atoms with Crippen LogP contribution < -0.4 is 0 Å². The fourth-order valence-corrected chi connectivity index (χ4v) is 1.57. The Bertz CT molecular complexity index is 449. The molecule has 1 aromatic carbocycles. The van der Waals surface area contributed by atoms with Gasteiger partial charge in [-0.15, -0.1) is 0 Å². The topological polar surface area (TPSA) is 25.8 Å². The summed E-state index contributed by atoms with van der Waals surface area (Å²) in [6.45, 7) is 4.04. The van der Waals surface area contributed by atoms with E-state index in [0.29, 0.717) is 0 Å². The maximum atomic E-state index is 4.44. The first kappa shape index (κ1) is 9.84. The highest BCUT2D eigenvalue weighted by atomic mass is 14.9. The lowest BCUT2D eigenvalue weighted by molar-refractivity contribution is 0.953. The smallest absolute Gasteiger partial charge is 0.126 e. The second kappa shape index (κ2) is 4.22. The molecule has 0 aliphatic heterocycles. The van der Waals surface area contributed by atoms with Gasteiger partial charge in [-0.3, -0.25) is 0 Å². The van der Waals surface area contributed by atoms with Gasteiger partial charge >= 0.3 is 0 Å². The van der Waals surface area contributed by atoms with E-state index in [9.17, 15) is 0 Å². The van der Waals surface area contributed by atoms with Crippen molar-refractivity contribution >= 4 is 0 Å². The van der Waals surface area contributed by atoms with E-state index in [0.717, 1.165) is 29.2 Å². The summed E-state index contributed by atoms with van der Waals surface area (Å²) in [5.74, 6) is 0.841. The first-order valence-corrected chi connectivity index (χ1v) is 5.19. The number of nitrogens with zero attached hydrogens (tertiary/aromatic N) is 2. The largest absolute Gasteiger partial charge is 0.238 e. The quantitative estimate of drug-likeness (QED) is 0.741. The molecule has 76 valence electrons. The molecule has 1 heterocycles. The van der Waals surface area contributed by atoms with Crippen molar-refractivity contribution in [1.29, 1.82) is 0 Å². The fourth-order valence-electron chi connectivity index (χ4n) is 1.57. The molecule has 2 nitrogen and oxygen atoms in total. The van der Waals surface area contributed by atoms with Gasteiger partial charge in [0.1, 0.15) is 5.82 Å². The number of aryl methyl sites for hydroxylation is 2. The molecule has 0 aliphatic rings. The predicted octanol–water partition coefficient (Wildman–Crippen LogP) is 3.01. The molecule has 0 amide bonds. The molecular formula is C13H14N2. The van der Waals surface area contributed by atoms with Crippen molar-refractivity contribution in [1.82, 2.24) is 9.97 Å². The van der Waals surface area contributed by atoms with Crippen LogP contribution in [0.4, 0.5) is 0 Å². The van der Waals surface area contributed by atoms with Gasteiger partial charge in [0, 0.05) is 11.3 Å². The SMILES string of the molecule is CCc1cc(-c2ccccc2)nc(C)n1. The van der Waals surface area contributed by atoms with Crippen molar-refractivity contribution in [3.05, 3.63) is 47.9 Å². The van der Waals surface area contributed by atoms with E-state index in [-0.39, 0.29) is 0 Å². The Morgan fingerprint density at radius 2 is 1.80 bits per heavy atom. The molecular weight excluding hydrogens is 184 g/mol. The summed E-state index contributed by atoms with van der Waals surface area (Å²) >= 11 is 0. The summed E-state index contributed by atoms with van der Waals surface area (Å²) in [6, 6.07) is 12.3. The van der Waals surface area contributed by atoms with Crippen LogP contribution in [0.15, 0.2) is 36.4 Å². The van der Waals surface area contributed by atoms with E-state index < -0.39 is 0 Å². The van der Waals surface area contributed by atoms with E-state index in [2.05, 4.69) is 35.1 Å². The van der Waals surface area contributed by atoms with Crippen LogP contribution in [0.5, 0.6) is 0 Å². The van der Waals surface area contributed by atoms with Gasteiger partial charge in [0.2, 0.25) is 0 Å². The first-order valence-electron chi connectivity index (χ1n) is 5.19. The third-order valence-electron chi connectivity index (χ3n) is 2.32. The number of aromatic nitrogens is 2. The molecule has 0 saturated carbocycles. The Morgan fingerprint density at radius 1 is 1.07 bits per heavy atom. The summed E-state index contributed by atoms with van der Waals surface area (Å²) in [4.78, 5) is 8.81. The van der Waals surface area contributed by atoms with Gasteiger partial charge in [-0.1, -0.05) is 37.3 Å². The Hall–Kier alpha value is -1.70. The maximum Gasteiger partial charge on any atom is 0.126 e. The molecule has 0 fully saturated rings. The average Bonchev–Trinajstić information content (AvgIpc) is 2.29. The Balaban J connectivity index is 2.49. The third-order valence-corrected chi connectivity index (χ3v) is 2.32. The van der Waals surface area contributed by atoms with Crippen LogP contribution in [0, 0.1) is 6.92 Å². The lowest BCUT2D eigenvalue weighted by Crippen LogP contribution is -1.96.